The molecule has 110 valence electrons. The van der Waals surface area contributed by atoms with E-state index >= 15 is 0 Å². The second-order valence-corrected chi connectivity index (χ2v) is 7.25. The van der Waals surface area contributed by atoms with Gasteiger partial charge in [0.25, 0.3) is 0 Å². The maximum absolute atomic E-state index is 11.9. The molecule has 1 saturated heterocycles. The van der Waals surface area contributed by atoms with E-state index in [1.54, 1.807) is 0 Å². The highest BCUT2D eigenvalue weighted by atomic mass is 31.1. The van der Waals surface area contributed by atoms with Crippen LogP contribution < -0.4 is 0 Å². The van der Waals surface area contributed by atoms with Crippen molar-refractivity contribution in [3.63, 3.8) is 0 Å². The number of ether oxygens (including phenoxy) is 1. The Kier molecular flexibility index (Phi) is 3.91. The maximum Gasteiger partial charge on any atom is 0.384 e. The van der Waals surface area contributed by atoms with Gasteiger partial charge in [0.1, 0.15) is 14.6 Å². The summed E-state index contributed by atoms with van der Waals surface area (Å²) in [5.74, 6) is -0.919. The number of rotatable bonds is 3. The SMILES string of the molecule is CC([PH+]=C1CC(=O)OC1=O)(c1ccccc1)c1ccccc1. The van der Waals surface area contributed by atoms with Gasteiger partial charge in [0.15, 0.2) is 5.16 Å². The molecule has 3 nitrogen and oxygen atoms in total. The smallest absolute Gasteiger partial charge is 0.384 e. The summed E-state index contributed by atoms with van der Waals surface area (Å²) >= 11 is 0. The Morgan fingerprint density at radius 2 is 1.41 bits per heavy atom. The third-order valence-corrected chi connectivity index (χ3v) is 5.64. The van der Waals surface area contributed by atoms with Crippen molar-refractivity contribution in [2.45, 2.75) is 18.5 Å². The highest BCUT2D eigenvalue weighted by molar-refractivity contribution is 7.45. The topological polar surface area (TPSA) is 43.4 Å². The van der Waals surface area contributed by atoms with Crippen LogP contribution in [0.3, 0.4) is 0 Å². The summed E-state index contributed by atoms with van der Waals surface area (Å²) in [6, 6.07) is 20.1. The van der Waals surface area contributed by atoms with E-state index in [1.807, 2.05) is 36.4 Å². The second kappa shape index (κ2) is 5.86. The lowest BCUT2D eigenvalue weighted by atomic mass is 9.92. The maximum atomic E-state index is 11.9. The first-order valence-electron chi connectivity index (χ1n) is 7.09. The highest BCUT2D eigenvalue weighted by Crippen LogP contribution is 2.43. The number of carbonyl (C=O) groups excluding carboxylic acids is 2. The summed E-state index contributed by atoms with van der Waals surface area (Å²) < 4.78 is 4.68. The van der Waals surface area contributed by atoms with Crippen LogP contribution in [0.4, 0.5) is 0 Å². The first-order valence-corrected chi connectivity index (χ1v) is 8.09. The molecule has 1 unspecified atom stereocenters. The van der Waals surface area contributed by atoms with E-state index in [0.717, 1.165) is 11.1 Å². The normalized spacial score (nSPS) is 16.9. The molecule has 2 aromatic rings. The lowest BCUT2D eigenvalue weighted by molar-refractivity contribution is -0.150. The van der Waals surface area contributed by atoms with Crippen molar-refractivity contribution >= 4 is 25.4 Å². The van der Waals surface area contributed by atoms with Crippen LogP contribution in [0, 0.1) is 0 Å². The van der Waals surface area contributed by atoms with E-state index in [4.69, 9.17) is 0 Å². The van der Waals surface area contributed by atoms with Gasteiger partial charge in [-0.15, -0.1) is 0 Å². The predicted molar refractivity (Wildman–Crippen MR) is 88.4 cm³/mol. The lowest BCUT2D eigenvalue weighted by Crippen LogP contribution is -2.18. The van der Waals surface area contributed by atoms with E-state index < -0.39 is 11.9 Å². The zero-order valence-electron chi connectivity index (χ0n) is 12.2. The minimum absolute atomic E-state index is 0.104. The van der Waals surface area contributed by atoms with Crippen molar-refractivity contribution in [3.05, 3.63) is 71.8 Å². The van der Waals surface area contributed by atoms with E-state index in [9.17, 15) is 9.59 Å². The fraction of sp³-hybridized carbons (Fsp3) is 0.167. The van der Waals surface area contributed by atoms with Crippen molar-refractivity contribution in [1.82, 2.24) is 0 Å². The molecule has 0 bridgehead atoms. The van der Waals surface area contributed by atoms with Gasteiger partial charge in [0, 0.05) is 11.1 Å². The van der Waals surface area contributed by atoms with Gasteiger partial charge in [0.2, 0.25) is 5.29 Å². The van der Waals surface area contributed by atoms with Crippen molar-refractivity contribution < 1.29 is 14.3 Å². The quantitative estimate of drug-likeness (QED) is 0.496. The van der Waals surface area contributed by atoms with Crippen LogP contribution in [0.25, 0.3) is 0 Å². The standard InChI is InChI=1S/C18H15O3P/c1-18(13-8-4-2-5-9-13,14-10-6-3-7-11-14)22-15-12-16(19)21-17(15)20/h2-11H,12H2,1H3/p+1. The Bertz CT molecular complexity index is 696. The minimum atomic E-state index is -0.471. The molecule has 0 aliphatic carbocycles. The summed E-state index contributed by atoms with van der Waals surface area (Å²) in [4.78, 5) is 23.2. The van der Waals surface area contributed by atoms with E-state index in [-0.39, 0.29) is 19.8 Å². The Hall–Kier alpha value is -2.25. The fourth-order valence-electron chi connectivity index (χ4n) is 2.67. The molecule has 2 aromatic carbocycles. The molecule has 0 spiro atoms. The van der Waals surface area contributed by atoms with Crippen LogP contribution in [0.15, 0.2) is 60.7 Å². The molecule has 1 aliphatic rings. The molecule has 0 N–H and O–H groups in total. The molecule has 3 rings (SSSR count). The number of benzene rings is 2. The highest BCUT2D eigenvalue weighted by Gasteiger charge is 2.41. The van der Waals surface area contributed by atoms with Crippen molar-refractivity contribution in [1.29, 1.82) is 0 Å². The molecule has 0 amide bonds. The van der Waals surface area contributed by atoms with Gasteiger partial charge in [-0.25, -0.2) is 4.79 Å². The molecule has 22 heavy (non-hydrogen) atoms. The molecule has 1 atom stereocenters. The van der Waals surface area contributed by atoms with Crippen molar-refractivity contribution in [2.75, 3.05) is 0 Å². The van der Waals surface area contributed by atoms with Crippen LogP contribution in [0.2, 0.25) is 0 Å². The number of hydrogen-bond donors (Lipinski definition) is 0. The first kappa shape index (κ1) is 14.7. The summed E-state index contributed by atoms with van der Waals surface area (Å²) in [6.45, 7) is 2.11. The predicted octanol–water partition coefficient (Wildman–Crippen LogP) is 3.27. The summed E-state index contributed by atoms with van der Waals surface area (Å²) in [7, 11) is 0.172. The van der Waals surface area contributed by atoms with Gasteiger partial charge >= 0.3 is 11.9 Å². The molecular weight excluding hydrogens is 295 g/mol. The van der Waals surface area contributed by atoms with Gasteiger partial charge in [0.05, 0.1) is 0 Å². The third kappa shape index (κ3) is 2.72. The van der Waals surface area contributed by atoms with E-state index in [2.05, 4.69) is 35.9 Å². The Balaban J connectivity index is 2.14. The molecule has 1 aliphatic heterocycles. The first-order chi connectivity index (χ1) is 10.6. The van der Waals surface area contributed by atoms with E-state index in [1.165, 1.54) is 0 Å². The van der Waals surface area contributed by atoms with Crippen LogP contribution >= 0.6 is 8.20 Å². The summed E-state index contributed by atoms with van der Waals surface area (Å²) in [5.41, 5.74) is 2.25. The second-order valence-electron chi connectivity index (χ2n) is 5.40. The molecule has 0 aromatic heterocycles. The Morgan fingerprint density at radius 3 is 1.82 bits per heavy atom. The molecule has 1 heterocycles. The zero-order valence-corrected chi connectivity index (χ0v) is 13.2. The van der Waals surface area contributed by atoms with Gasteiger partial charge < -0.3 is 4.74 Å². The largest absolute Gasteiger partial charge is 0.387 e. The number of carbonyl (C=O) groups is 2. The van der Waals surface area contributed by atoms with Gasteiger partial charge in [-0.1, -0.05) is 60.7 Å². The fourth-order valence-corrected chi connectivity index (χ4v) is 4.28. The monoisotopic (exact) mass is 311 g/mol. The molecule has 0 radical (unpaired) electrons. The van der Waals surface area contributed by atoms with Crippen LogP contribution in [0.5, 0.6) is 0 Å². The van der Waals surface area contributed by atoms with E-state index in [0.29, 0.717) is 5.29 Å². The van der Waals surface area contributed by atoms with Crippen LogP contribution in [-0.4, -0.2) is 17.2 Å². The summed E-state index contributed by atoms with van der Waals surface area (Å²) in [5, 5.41) is 0.224. The van der Waals surface area contributed by atoms with Crippen molar-refractivity contribution in [2.24, 2.45) is 0 Å². The van der Waals surface area contributed by atoms with Crippen LogP contribution in [0.1, 0.15) is 24.5 Å². The third-order valence-electron chi connectivity index (χ3n) is 3.88. The van der Waals surface area contributed by atoms with Crippen LogP contribution in [-0.2, 0) is 19.5 Å². The van der Waals surface area contributed by atoms with Gasteiger partial charge in [-0.3, -0.25) is 4.79 Å². The number of cyclic esters (lactones) is 2. The Labute approximate surface area is 130 Å². The van der Waals surface area contributed by atoms with Gasteiger partial charge in [-0.05, 0) is 6.92 Å². The minimum Gasteiger partial charge on any atom is -0.387 e. The average molecular weight is 311 g/mol. The molecule has 1 fully saturated rings. The molecule has 4 heteroatoms. The lowest BCUT2D eigenvalue weighted by Gasteiger charge is -2.20. The molecule has 0 saturated carbocycles. The number of esters is 2. The summed E-state index contributed by atoms with van der Waals surface area (Å²) in [6.07, 6.45) is 0.104. The molecular formula is C18H16O3P+. The average Bonchev–Trinajstić information content (AvgIpc) is 2.86. The Morgan fingerprint density at radius 1 is 0.909 bits per heavy atom. The van der Waals surface area contributed by atoms with Gasteiger partial charge in [-0.2, -0.15) is 0 Å². The van der Waals surface area contributed by atoms with Crippen molar-refractivity contribution in [3.8, 4) is 0 Å². The zero-order chi connectivity index (χ0) is 15.6. The number of hydrogen-bond acceptors (Lipinski definition) is 3.